The molecule has 2 aromatic carbocycles. The van der Waals surface area contributed by atoms with Crippen LogP contribution in [0.3, 0.4) is 0 Å². The molecule has 0 radical (unpaired) electrons. The molecule has 10 nitrogen and oxygen atoms in total. The summed E-state index contributed by atoms with van der Waals surface area (Å²) in [5.41, 5.74) is 0.982. The standard InChI is InChI=1S/C22H23N3O7/c1-4-31-17-11-8-14(12-16(17)25(28)29)20-18(21(26)32-5-2)19(23-22(27)24-20)13-6-9-15(30-3)10-7-13/h6-12,20H,4-5H2,1-3H3,(H2,23,24,27). The normalized spacial score (nSPS) is 15.5. The molecule has 2 N–H and O–H groups in total. The molecule has 0 bridgehead atoms. The molecule has 0 saturated carbocycles. The molecular weight excluding hydrogens is 418 g/mol. The number of nitrogens with zero attached hydrogens (tertiary/aromatic N) is 1. The summed E-state index contributed by atoms with van der Waals surface area (Å²) in [6.45, 7) is 3.74. The van der Waals surface area contributed by atoms with E-state index in [0.717, 1.165) is 0 Å². The van der Waals surface area contributed by atoms with Gasteiger partial charge in [-0.3, -0.25) is 10.1 Å². The highest BCUT2D eigenvalue weighted by atomic mass is 16.6. The number of methoxy groups -OCH3 is 1. The van der Waals surface area contributed by atoms with Crippen LogP contribution in [0, 0.1) is 10.1 Å². The van der Waals surface area contributed by atoms with Crippen molar-refractivity contribution in [2.24, 2.45) is 0 Å². The van der Waals surface area contributed by atoms with E-state index >= 15 is 0 Å². The number of rotatable bonds is 8. The fourth-order valence-electron chi connectivity index (χ4n) is 3.36. The zero-order chi connectivity index (χ0) is 23.3. The molecule has 0 spiro atoms. The summed E-state index contributed by atoms with van der Waals surface area (Å²) < 4.78 is 15.7. The van der Waals surface area contributed by atoms with E-state index < -0.39 is 23.0 Å². The Hall–Kier alpha value is -4.08. The van der Waals surface area contributed by atoms with Crippen molar-refractivity contribution in [3.8, 4) is 11.5 Å². The molecule has 0 aromatic heterocycles. The smallest absolute Gasteiger partial charge is 0.338 e. The summed E-state index contributed by atoms with van der Waals surface area (Å²) in [4.78, 5) is 36.4. The van der Waals surface area contributed by atoms with Crippen molar-refractivity contribution in [3.63, 3.8) is 0 Å². The van der Waals surface area contributed by atoms with E-state index in [-0.39, 0.29) is 35.9 Å². The maximum absolute atomic E-state index is 12.9. The van der Waals surface area contributed by atoms with Crippen molar-refractivity contribution in [2.75, 3.05) is 20.3 Å². The van der Waals surface area contributed by atoms with Crippen molar-refractivity contribution < 1.29 is 28.7 Å². The van der Waals surface area contributed by atoms with Crippen molar-refractivity contribution >= 4 is 23.4 Å². The topological polar surface area (TPSA) is 129 Å². The molecule has 1 aliphatic rings. The molecule has 1 atom stereocenters. The summed E-state index contributed by atoms with van der Waals surface area (Å²) in [5.74, 6) is 0.0388. The number of nitro benzene ring substituents is 1. The van der Waals surface area contributed by atoms with Crippen molar-refractivity contribution in [2.45, 2.75) is 19.9 Å². The van der Waals surface area contributed by atoms with Gasteiger partial charge >= 0.3 is 17.7 Å². The van der Waals surface area contributed by atoms with E-state index in [2.05, 4.69) is 10.6 Å². The molecule has 3 rings (SSSR count). The SMILES string of the molecule is CCOC(=O)C1=C(c2ccc(OC)cc2)NC(=O)NC1c1ccc(OCC)c([N+](=O)[O-])c1. The summed E-state index contributed by atoms with van der Waals surface area (Å²) in [6.07, 6.45) is 0. The van der Waals surface area contributed by atoms with E-state index in [0.29, 0.717) is 16.9 Å². The fourth-order valence-corrected chi connectivity index (χ4v) is 3.36. The predicted molar refractivity (Wildman–Crippen MR) is 115 cm³/mol. The summed E-state index contributed by atoms with van der Waals surface area (Å²) >= 11 is 0. The second-order valence-electron chi connectivity index (χ2n) is 6.69. The Morgan fingerprint density at radius 1 is 1.12 bits per heavy atom. The molecule has 2 amide bonds. The summed E-state index contributed by atoms with van der Waals surface area (Å²) in [7, 11) is 1.53. The third kappa shape index (κ3) is 4.64. The van der Waals surface area contributed by atoms with Crippen LogP contribution in [0.4, 0.5) is 10.5 Å². The van der Waals surface area contributed by atoms with Gasteiger partial charge in [0.05, 0.1) is 42.6 Å². The lowest BCUT2D eigenvalue weighted by Gasteiger charge is -2.29. The van der Waals surface area contributed by atoms with E-state index in [4.69, 9.17) is 14.2 Å². The van der Waals surface area contributed by atoms with Crippen LogP contribution in [0.25, 0.3) is 5.70 Å². The zero-order valence-electron chi connectivity index (χ0n) is 17.8. The molecule has 1 unspecified atom stereocenters. The molecule has 1 heterocycles. The molecule has 0 saturated heterocycles. The lowest BCUT2D eigenvalue weighted by molar-refractivity contribution is -0.385. The van der Waals surface area contributed by atoms with E-state index in [1.54, 1.807) is 44.2 Å². The zero-order valence-corrected chi connectivity index (χ0v) is 17.8. The van der Waals surface area contributed by atoms with Gasteiger partial charge in [-0.15, -0.1) is 0 Å². The number of carbonyl (C=O) groups is 2. The second kappa shape index (κ2) is 9.82. The minimum absolute atomic E-state index is 0.0959. The van der Waals surface area contributed by atoms with Gasteiger partial charge in [0.1, 0.15) is 5.75 Å². The number of hydrogen-bond acceptors (Lipinski definition) is 7. The highest BCUT2D eigenvalue weighted by Gasteiger charge is 2.35. The lowest BCUT2D eigenvalue weighted by Crippen LogP contribution is -2.45. The van der Waals surface area contributed by atoms with Crippen LogP contribution in [0.2, 0.25) is 0 Å². The first-order valence-electron chi connectivity index (χ1n) is 9.93. The first-order valence-corrected chi connectivity index (χ1v) is 9.93. The summed E-state index contributed by atoms with van der Waals surface area (Å²) in [6, 6.07) is 9.52. The number of esters is 1. The van der Waals surface area contributed by atoms with Gasteiger partial charge in [0.25, 0.3) is 0 Å². The van der Waals surface area contributed by atoms with Gasteiger partial charge in [-0.2, -0.15) is 0 Å². The van der Waals surface area contributed by atoms with Gasteiger partial charge in [-0.1, -0.05) is 6.07 Å². The Morgan fingerprint density at radius 3 is 2.44 bits per heavy atom. The fraction of sp³-hybridized carbons (Fsp3) is 0.273. The third-order valence-corrected chi connectivity index (χ3v) is 4.76. The van der Waals surface area contributed by atoms with Crippen molar-refractivity contribution in [1.82, 2.24) is 10.6 Å². The highest BCUT2D eigenvalue weighted by Crippen LogP contribution is 2.36. The maximum Gasteiger partial charge on any atom is 0.338 e. The average Bonchev–Trinajstić information content (AvgIpc) is 2.79. The Kier molecular flexibility index (Phi) is 6.93. The predicted octanol–water partition coefficient (Wildman–Crippen LogP) is 3.33. The minimum Gasteiger partial charge on any atom is -0.497 e. The molecule has 10 heteroatoms. The second-order valence-corrected chi connectivity index (χ2v) is 6.69. The number of amides is 2. The van der Waals surface area contributed by atoms with Crippen LogP contribution in [0.1, 0.15) is 31.0 Å². The number of nitrogens with one attached hydrogen (secondary N) is 2. The Labute approximate surface area is 184 Å². The van der Waals surface area contributed by atoms with Gasteiger partial charge in [0, 0.05) is 6.07 Å². The van der Waals surface area contributed by atoms with Crippen molar-refractivity contribution in [3.05, 3.63) is 69.3 Å². The van der Waals surface area contributed by atoms with Gasteiger partial charge in [0.2, 0.25) is 0 Å². The molecule has 2 aromatic rings. The Balaban J connectivity index is 2.18. The minimum atomic E-state index is -0.978. The molecular formula is C22H23N3O7. The first kappa shape index (κ1) is 22.6. The lowest BCUT2D eigenvalue weighted by atomic mass is 9.92. The van der Waals surface area contributed by atoms with Gasteiger partial charge in [-0.05, 0) is 55.3 Å². The number of benzene rings is 2. The van der Waals surface area contributed by atoms with Gasteiger partial charge in [0.15, 0.2) is 5.75 Å². The molecule has 1 aliphatic heterocycles. The molecule has 168 valence electrons. The number of nitro groups is 1. The van der Waals surface area contributed by atoms with E-state index in [1.165, 1.54) is 19.2 Å². The molecule has 0 fully saturated rings. The largest absolute Gasteiger partial charge is 0.497 e. The molecule has 0 aliphatic carbocycles. The Bertz CT molecular complexity index is 1060. The Morgan fingerprint density at radius 2 is 1.84 bits per heavy atom. The van der Waals surface area contributed by atoms with Gasteiger partial charge in [-0.25, -0.2) is 9.59 Å². The van der Waals surface area contributed by atoms with Crippen molar-refractivity contribution in [1.29, 1.82) is 0 Å². The average molecular weight is 441 g/mol. The van der Waals surface area contributed by atoms with Gasteiger partial charge < -0.3 is 24.8 Å². The number of urea groups is 1. The summed E-state index contributed by atoms with van der Waals surface area (Å²) in [5, 5.41) is 16.9. The highest BCUT2D eigenvalue weighted by molar-refractivity contribution is 6.04. The maximum atomic E-state index is 12.9. The van der Waals surface area contributed by atoms with E-state index in [9.17, 15) is 19.7 Å². The first-order chi connectivity index (χ1) is 15.4. The number of carbonyl (C=O) groups excluding carboxylic acids is 2. The van der Waals surface area contributed by atoms with Crippen LogP contribution in [0.15, 0.2) is 48.0 Å². The van der Waals surface area contributed by atoms with Crippen LogP contribution in [-0.4, -0.2) is 37.2 Å². The molecule has 32 heavy (non-hydrogen) atoms. The number of ether oxygens (including phenoxy) is 3. The van der Waals surface area contributed by atoms with Crippen LogP contribution in [0.5, 0.6) is 11.5 Å². The number of hydrogen-bond donors (Lipinski definition) is 2. The quantitative estimate of drug-likeness (QED) is 0.365. The monoisotopic (exact) mass is 441 g/mol. The van der Waals surface area contributed by atoms with Crippen LogP contribution < -0.4 is 20.1 Å². The van der Waals surface area contributed by atoms with Crippen LogP contribution >= 0.6 is 0 Å². The van der Waals surface area contributed by atoms with E-state index in [1.807, 2.05) is 0 Å². The third-order valence-electron chi connectivity index (χ3n) is 4.76. The van der Waals surface area contributed by atoms with Crippen LogP contribution in [-0.2, 0) is 9.53 Å².